The zero-order valence-corrected chi connectivity index (χ0v) is 40.9. The average Bonchev–Trinajstić information content (AvgIpc) is 3.92. The van der Waals surface area contributed by atoms with Crippen LogP contribution in [0, 0.1) is 5.92 Å². The minimum Gasteiger partial charge on any atom is -0.376 e. The van der Waals surface area contributed by atoms with E-state index in [-0.39, 0.29) is 49.3 Å². The molecule has 0 bridgehead atoms. The lowest BCUT2D eigenvalue weighted by atomic mass is 9.94. The number of anilines is 1. The number of ether oxygens (including phenoxy) is 4. The van der Waals surface area contributed by atoms with Gasteiger partial charge in [0.25, 0.3) is 11.1 Å². The summed E-state index contributed by atoms with van der Waals surface area (Å²) in [5, 5.41) is 0. The smallest absolute Gasteiger partial charge is 0.376 e. The Kier molecular flexibility index (Phi) is 21.2. The first-order chi connectivity index (χ1) is 32.0. The number of nitrogens with two attached hydrogens (primary N) is 1. The highest BCUT2D eigenvalue weighted by Gasteiger charge is 2.52. The van der Waals surface area contributed by atoms with Gasteiger partial charge in [0.05, 0.1) is 31.2 Å². The maximum atomic E-state index is 17.0. The van der Waals surface area contributed by atoms with Crippen LogP contribution >= 0.6 is 7.82 Å². The van der Waals surface area contributed by atoms with Crippen LogP contribution in [0.15, 0.2) is 33.0 Å². The number of amides is 1. The molecule has 1 amide bonds. The number of carbonyl (C=O) groups excluding carboxylic acids is 1. The summed E-state index contributed by atoms with van der Waals surface area (Å²) in [5.41, 5.74) is 3.69. The Morgan fingerprint density at radius 3 is 2.09 bits per heavy atom. The van der Waals surface area contributed by atoms with E-state index in [4.69, 9.17) is 33.7 Å². The summed E-state index contributed by atoms with van der Waals surface area (Å²) < 4.78 is 67.9. The lowest BCUT2D eigenvalue weighted by Gasteiger charge is -2.31. The molecule has 378 valence electrons. The number of rotatable bonds is 30. The number of alkyl halides is 1. The van der Waals surface area contributed by atoms with Crippen LogP contribution < -0.4 is 22.5 Å². The summed E-state index contributed by atoms with van der Waals surface area (Å²) in [6.07, 6.45) is 9.23. The second-order valence-corrected chi connectivity index (χ2v) is 19.7. The van der Waals surface area contributed by atoms with Crippen molar-refractivity contribution in [3.63, 3.8) is 0 Å². The fraction of sp³-hybridized carbons (Fsp3) is 0.778. The van der Waals surface area contributed by atoms with E-state index in [2.05, 4.69) is 26.9 Å². The number of nitrogen functional groups attached to an aromatic ring is 1. The molecule has 2 fully saturated rings. The number of unbranched alkanes of at least 4 members (excludes halogenated alkanes) is 14. The van der Waals surface area contributed by atoms with E-state index in [1.54, 1.807) is 13.8 Å². The van der Waals surface area contributed by atoms with Crippen molar-refractivity contribution >= 4 is 30.8 Å². The maximum Gasteiger partial charge on any atom is 0.472 e. The van der Waals surface area contributed by atoms with Gasteiger partial charge in [0.15, 0.2) is 29.8 Å². The summed E-state index contributed by atoms with van der Waals surface area (Å²) in [6, 6.07) is 1.12. The molecule has 2 aliphatic heterocycles. The number of phosphoric ester groups is 1. The van der Waals surface area contributed by atoms with Gasteiger partial charge in [-0.2, -0.15) is 4.98 Å². The van der Waals surface area contributed by atoms with Gasteiger partial charge in [0.1, 0.15) is 18.3 Å². The summed E-state index contributed by atoms with van der Waals surface area (Å²) in [5.74, 6) is -1.72. The van der Waals surface area contributed by atoms with E-state index in [0.29, 0.717) is 6.42 Å². The third-order valence-electron chi connectivity index (χ3n) is 12.3. The number of imidazole rings is 1. The first kappa shape index (κ1) is 54.1. The SMILES string of the molecule is CCCCCCCCCCCCCCCCCN(C[C@H]1O[C@@H](n2ccc(=O)[nH]c2=O)[C@H](OC)[C@@H]1OP(=O)(O)OC(C)C)C(=O)C[C@H]1[C@@H](F)[C@H](n2cnc3c(=O)[nH]c(N)nc32)O[C@@H]1COC(C)C. The third-order valence-corrected chi connectivity index (χ3v) is 13.5. The Balaban J connectivity index is 1.35. The topological polar surface area (TPSA) is 257 Å². The molecule has 2 saturated heterocycles. The van der Waals surface area contributed by atoms with Crippen LogP contribution in [0.4, 0.5) is 10.3 Å². The highest BCUT2D eigenvalue weighted by Crippen LogP contribution is 2.50. The predicted molar refractivity (Wildman–Crippen MR) is 249 cm³/mol. The molecule has 1 unspecified atom stereocenters. The van der Waals surface area contributed by atoms with Gasteiger partial charge in [-0.3, -0.25) is 42.5 Å². The maximum absolute atomic E-state index is 17.0. The molecule has 3 aromatic heterocycles. The molecule has 67 heavy (non-hydrogen) atoms. The number of carbonyl (C=O) groups is 1. The van der Waals surface area contributed by atoms with E-state index in [1.807, 2.05) is 13.8 Å². The van der Waals surface area contributed by atoms with Gasteiger partial charge in [-0.05, 0) is 34.1 Å². The number of nitrogens with zero attached hydrogens (tertiary/aromatic N) is 5. The van der Waals surface area contributed by atoms with Gasteiger partial charge in [-0.1, -0.05) is 96.8 Å². The van der Waals surface area contributed by atoms with E-state index in [9.17, 15) is 28.6 Å². The van der Waals surface area contributed by atoms with Gasteiger partial charge in [0.2, 0.25) is 11.9 Å². The number of aromatic nitrogens is 6. The van der Waals surface area contributed by atoms with E-state index in [0.717, 1.165) is 36.3 Å². The van der Waals surface area contributed by atoms with Crippen LogP contribution in [-0.2, 0) is 37.4 Å². The van der Waals surface area contributed by atoms with Gasteiger partial charge < -0.3 is 34.5 Å². The van der Waals surface area contributed by atoms with Crippen molar-refractivity contribution in [1.29, 1.82) is 0 Å². The molecule has 0 aliphatic carbocycles. The normalized spacial score (nSPS) is 24.0. The fourth-order valence-corrected chi connectivity index (χ4v) is 10.0. The molecule has 20 nitrogen and oxygen atoms in total. The van der Waals surface area contributed by atoms with Crippen LogP contribution in [0.25, 0.3) is 11.2 Å². The first-order valence-corrected chi connectivity index (χ1v) is 25.6. The van der Waals surface area contributed by atoms with E-state index < -0.39 is 85.6 Å². The van der Waals surface area contributed by atoms with Crippen LogP contribution in [0.3, 0.4) is 0 Å². The molecule has 22 heteroatoms. The second kappa shape index (κ2) is 26.2. The molecule has 5 heterocycles. The van der Waals surface area contributed by atoms with Crippen LogP contribution in [0.1, 0.15) is 150 Å². The molecular formula is C45H74FN8O12P. The highest BCUT2D eigenvalue weighted by atomic mass is 31.2. The number of halogens is 1. The Hall–Kier alpha value is -3.82. The zero-order chi connectivity index (χ0) is 48.7. The molecule has 3 aromatic rings. The lowest BCUT2D eigenvalue weighted by molar-refractivity contribution is -0.136. The van der Waals surface area contributed by atoms with Crippen molar-refractivity contribution in [1.82, 2.24) is 34.0 Å². The molecule has 5 N–H and O–H groups in total. The predicted octanol–water partition coefficient (Wildman–Crippen LogP) is 6.44. The second-order valence-electron chi connectivity index (χ2n) is 18.3. The van der Waals surface area contributed by atoms with Gasteiger partial charge in [0, 0.05) is 44.8 Å². The van der Waals surface area contributed by atoms with Gasteiger partial charge in [-0.15, -0.1) is 0 Å². The van der Waals surface area contributed by atoms with Crippen molar-refractivity contribution < 1.29 is 46.6 Å². The van der Waals surface area contributed by atoms with E-state index >= 15 is 4.39 Å². The van der Waals surface area contributed by atoms with Crippen LogP contribution in [0.2, 0.25) is 0 Å². The Labute approximate surface area is 391 Å². The fourth-order valence-electron chi connectivity index (χ4n) is 8.88. The Morgan fingerprint density at radius 1 is 0.896 bits per heavy atom. The minimum absolute atomic E-state index is 0.00934. The van der Waals surface area contributed by atoms with E-state index in [1.165, 1.54) is 93.3 Å². The number of methoxy groups -OCH3 is 1. The number of H-pyrrole nitrogens is 2. The molecule has 0 saturated carbocycles. The molecular weight excluding hydrogens is 895 g/mol. The molecule has 0 radical (unpaired) electrons. The Bertz CT molecular complexity index is 2220. The molecule has 2 aliphatic rings. The number of fused-ring (bicyclic) bond motifs is 1. The van der Waals surface area contributed by atoms with Crippen molar-refractivity contribution in [2.75, 3.05) is 32.5 Å². The number of hydrogen-bond acceptors (Lipinski definition) is 14. The number of nitrogens with one attached hydrogen (secondary N) is 2. The molecule has 5 rings (SSSR count). The van der Waals surface area contributed by atoms with Crippen molar-refractivity contribution in [3.05, 3.63) is 49.8 Å². The van der Waals surface area contributed by atoms with Crippen molar-refractivity contribution in [3.8, 4) is 0 Å². The molecule has 0 spiro atoms. The quantitative estimate of drug-likeness (QED) is 0.0414. The summed E-state index contributed by atoms with van der Waals surface area (Å²) in [4.78, 5) is 77.6. The third kappa shape index (κ3) is 15.6. The largest absolute Gasteiger partial charge is 0.472 e. The number of hydrogen-bond donors (Lipinski definition) is 4. The first-order valence-electron chi connectivity index (χ1n) is 24.1. The standard InChI is InChI=1S/C45H74FN8O12P/c1-7-8-9-10-11-12-13-14-15-16-17-18-19-20-21-23-52(26-32-38(66-67(59,60)65-30(4)5)39(61-6)43(63-32)53-24-22-34(55)49-45(53)58)35(56)25-31-33(27-62-29(2)3)64-42(36(31)46)54-28-48-37-40(54)50-44(47)51-41(37)57/h22,24,28-33,36,38-39,42-43H,7-21,23,25-27H2,1-6H3,(H,59,60)(H,49,55,58)(H3,47,50,51,57)/t31-,32-,33-,36-,38-,39-,42-,43-/m1/s1. The highest BCUT2D eigenvalue weighted by molar-refractivity contribution is 7.47. The monoisotopic (exact) mass is 969 g/mol. The van der Waals surface area contributed by atoms with Crippen LogP contribution in [-0.4, -0.2) is 114 Å². The van der Waals surface area contributed by atoms with Gasteiger partial charge in [-0.25, -0.2) is 18.7 Å². The number of aromatic amines is 2. The lowest BCUT2D eigenvalue weighted by Crippen LogP contribution is -2.45. The summed E-state index contributed by atoms with van der Waals surface area (Å²) in [6.45, 7) is 8.91. The Morgan fingerprint density at radius 2 is 1.51 bits per heavy atom. The zero-order valence-electron chi connectivity index (χ0n) is 40.0. The molecule has 9 atom stereocenters. The summed E-state index contributed by atoms with van der Waals surface area (Å²) >= 11 is 0. The van der Waals surface area contributed by atoms with Crippen LogP contribution in [0.5, 0.6) is 0 Å². The van der Waals surface area contributed by atoms with Crippen molar-refractivity contribution in [2.24, 2.45) is 5.92 Å². The average molecular weight is 969 g/mol. The van der Waals surface area contributed by atoms with Gasteiger partial charge >= 0.3 is 13.5 Å². The van der Waals surface area contributed by atoms with Crippen molar-refractivity contribution in [2.45, 2.75) is 193 Å². The number of phosphoric acid groups is 1. The molecule has 0 aromatic carbocycles. The minimum atomic E-state index is -4.79. The summed E-state index contributed by atoms with van der Waals surface area (Å²) in [7, 11) is -3.48.